The van der Waals surface area contributed by atoms with E-state index in [4.69, 9.17) is 5.41 Å². The van der Waals surface area contributed by atoms with Crippen LogP contribution in [0.3, 0.4) is 0 Å². The molecule has 1 atom stereocenters. The topological polar surface area (TPSA) is 97.3 Å². The summed E-state index contributed by atoms with van der Waals surface area (Å²) < 4.78 is 27.4. The smallest absolute Gasteiger partial charge is 0.315 e. The van der Waals surface area contributed by atoms with Gasteiger partial charge in [0.05, 0.1) is 18.4 Å². The van der Waals surface area contributed by atoms with Gasteiger partial charge in [0.2, 0.25) is 5.91 Å². The van der Waals surface area contributed by atoms with Crippen molar-refractivity contribution in [3.8, 4) is 0 Å². The van der Waals surface area contributed by atoms with Gasteiger partial charge in [0.25, 0.3) is 0 Å². The molecule has 0 fully saturated rings. The van der Waals surface area contributed by atoms with Crippen molar-refractivity contribution in [3.05, 3.63) is 70.8 Å². The normalized spacial score (nSPS) is 12.5. The molecule has 0 aromatic heterocycles. The molecule has 9 heteroatoms. The van der Waals surface area contributed by atoms with Gasteiger partial charge in [-0.05, 0) is 43.1 Å². The van der Waals surface area contributed by atoms with E-state index in [1.807, 2.05) is 24.3 Å². The molecule has 2 rings (SSSR count). The quantitative estimate of drug-likeness (QED) is 0.215. The lowest BCUT2D eigenvalue weighted by molar-refractivity contribution is -0.133. The summed E-state index contributed by atoms with van der Waals surface area (Å²) in [4.78, 5) is 26.2. The molecule has 0 unspecified atom stereocenters. The Hall–Kier alpha value is -3.33. The summed E-state index contributed by atoms with van der Waals surface area (Å²) in [6.07, 6.45) is 2.86. The van der Waals surface area contributed by atoms with Gasteiger partial charge in [0.15, 0.2) is 0 Å². The molecule has 2 aromatic carbocycles. The Morgan fingerprint density at radius 3 is 2.35 bits per heavy atom. The summed E-state index contributed by atoms with van der Waals surface area (Å²) in [6, 6.07) is 10.4. The van der Waals surface area contributed by atoms with Crippen LogP contribution in [0.5, 0.6) is 0 Å². The van der Waals surface area contributed by atoms with E-state index in [1.165, 1.54) is 11.0 Å². The van der Waals surface area contributed by atoms with E-state index in [-0.39, 0.29) is 24.6 Å². The highest BCUT2D eigenvalue weighted by atomic mass is 19.1. The van der Waals surface area contributed by atoms with Gasteiger partial charge in [-0.2, -0.15) is 0 Å². The molecule has 7 nitrogen and oxygen atoms in total. The first-order valence-electron chi connectivity index (χ1n) is 11.3. The first-order valence-corrected chi connectivity index (χ1v) is 11.3. The first-order chi connectivity index (χ1) is 16.2. The van der Waals surface area contributed by atoms with Crippen LogP contribution in [0.1, 0.15) is 43.4 Å². The maximum Gasteiger partial charge on any atom is 0.315 e. The van der Waals surface area contributed by atoms with E-state index >= 15 is 0 Å². The van der Waals surface area contributed by atoms with Crippen molar-refractivity contribution in [3.63, 3.8) is 0 Å². The van der Waals surface area contributed by atoms with Crippen LogP contribution >= 0.6 is 0 Å². The Kier molecular flexibility index (Phi) is 10.1. The van der Waals surface area contributed by atoms with E-state index in [0.717, 1.165) is 42.4 Å². The van der Waals surface area contributed by atoms with Gasteiger partial charge >= 0.3 is 6.03 Å². The summed E-state index contributed by atoms with van der Waals surface area (Å²) in [7, 11) is 1.58. The number of hydrogen-bond acceptors (Lipinski definition) is 4. The Morgan fingerprint density at radius 2 is 1.76 bits per heavy atom. The van der Waals surface area contributed by atoms with Crippen molar-refractivity contribution in [1.29, 1.82) is 5.41 Å². The van der Waals surface area contributed by atoms with E-state index in [9.17, 15) is 18.4 Å². The van der Waals surface area contributed by atoms with Gasteiger partial charge in [-0.3, -0.25) is 15.1 Å². The third-order valence-corrected chi connectivity index (χ3v) is 5.64. The zero-order chi connectivity index (χ0) is 25.1. The van der Waals surface area contributed by atoms with E-state index < -0.39 is 23.1 Å². The second-order valence-corrected chi connectivity index (χ2v) is 8.34. The van der Waals surface area contributed by atoms with E-state index in [0.29, 0.717) is 13.1 Å². The Labute approximate surface area is 199 Å². The molecule has 0 radical (unpaired) electrons. The number of amides is 3. The molecule has 0 aliphatic carbocycles. The molecule has 2 aromatic rings. The van der Waals surface area contributed by atoms with E-state index in [1.54, 1.807) is 14.0 Å². The number of hydrogen-bond donors (Lipinski definition) is 4. The highest BCUT2D eigenvalue weighted by Crippen LogP contribution is 2.20. The number of carbonyl (C=O) groups excluding carboxylic acids is 2. The van der Waals surface area contributed by atoms with Crippen molar-refractivity contribution in [1.82, 2.24) is 20.9 Å². The molecule has 184 valence electrons. The fraction of sp³-hybridized carbons (Fsp3) is 0.400. The summed E-state index contributed by atoms with van der Waals surface area (Å²) in [5.74, 6) is -1.82. The lowest BCUT2D eigenvalue weighted by Crippen LogP contribution is -2.55. The van der Waals surface area contributed by atoms with Crippen LogP contribution < -0.4 is 16.0 Å². The number of unbranched alkanes of at least 4 members (excludes halogenated alkanes) is 1. The Balaban J connectivity index is 2.01. The number of urea groups is 1. The van der Waals surface area contributed by atoms with Crippen LogP contribution in [0, 0.1) is 17.0 Å². The lowest BCUT2D eigenvalue weighted by atomic mass is 9.91. The first kappa shape index (κ1) is 26.9. The molecule has 3 amide bonds. The van der Waals surface area contributed by atoms with Gasteiger partial charge in [-0.15, -0.1) is 0 Å². The molecular formula is C25H33F2N5O2. The minimum atomic E-state index is -1.20. The molecule has 4 N–H and O–H groups in total. The van der Waals surface area contributed by atoms with Crippen molar-refractivity contribution in [2.45, 2.75) is 51.7 Å². The highest BCUT2D eigenvalue weighted by molar-refractivity contribution is 5.94. The Morgan fingerprint density at radius 1 is 1.09 bits per heavy atom. The van der Waals surface area contributed by atoms with Crippen molar-refractivity contribution < 1.29 is 18.4 Å². The average Bonchev–Trinajstić information content (AvgIpc) is 2.83. The number of halogens is 2. The molecule has 34 heavy (non-hydrogen) atoms. The zero-order valence-corrected chi connectivity index (χ0v) is 19.9. The number of benzene rings is 2. The molecule has 0 spiro atoms. The molecule has 0 saturated heterocycles. The minimum Gasteiger partial charge on any atom is -0.338 e. The second kappa shape index (κ2) is 12.8. The zero-order valence-electron chi connectivity index (χ0n) is 19.9. The predicted molar refractivity (Wildman–Crippen MR) is 128 cm³/mol. The SMILES string of the molecule is CCCCNC(=O)NCc1ccc(CN(C=N)C(=O)[C@@](C)(Cc2ccc(F)cc2F)NC)cc1. The summed E-state index contributed by atoms with van der Waals surface area (Å²) in [5, 5.41) is 16.2. The summed E-state index contributed by atoms with van der Waals surface area (Å²) in [6.45, 7) is 4.82. The number of carbonyl (C=O) groups is 2. The standard InChI is InChI=1S/C25H33F2N5O2/c1-4-5-12-30-24(34)31-15-18-6-8-19(9-7-18)16-32(17-28)23(33)25(2,29-3)14-20-10-11-21(26)13-22(20)27/h6-11,13,17,28-29H,4-5,12,14-16H2,1-3H3,(H2,30,31,34)/t25-/m1/s1. The van der Waals surface area contributed by atoms with Crippen LogP contribution in [0.4, 0.5) is 13.6 Å². The van der Waals surface area contributed by atoms with E-state index in [2.05, 4.69) is 22.9 Å². The summed E-state index contributed by atoms with van der Waals surface area (Å²) in [5.41, 5.74) is 0.686. The van der Waals surface area contributed by atoms with Crippen molar-refractivity contribution in [2.24, 2.45) is 0 Å². The Bertz CT molecular complexity index is 984. The van der Waals surface area contributed by atoms with Crippen molar-refractivity contribution >= 4 is 18.3 Å². The molecule has 0 heterocycles. The molecule has 0 saturated carbocycles. The third kappa shape index (κ3) is 7.62. The number of likely N-dealkylation sites (N-methyl/N-ethyl adjacent to an activating group) is 1. The third-order valence-electron chi connectivity index (χ3n) is 5.64. The van der Waals surface area contributed by atoms with Crippen LogP contribution in [-0.2, 0) is 24.3 Å². The van der Waals surface area contributed by atoms with Gasteiger partial charge in [-0.25, -0.2) is 13.6 Å². The minimum absolute atomic E-state index is 0.0102. The van der Waals surface area contributed by atoms with Crippen LogP contribution in [-0.4, -0.2) is 42.3 Å². The summed E-state index contributed by atoms with van der Waals surface area (Å²) >= 11 is 0. The second-order valence-electron chi connectivity index (χ2n) is 8.34. The largest absolute Gasteiger partial charge is 0.338 e. The van der Waals surface area contributed by atoms with Crippen LogP contribution in [0.2, 0.25) is 0 Å². The predicted octanol–water partition coefficient (Wildman–Crippen LogP) is 3.72. The van der Waals surface area contributed by atoms with Crippen LogP contribution in [0.25, 0.3) is 0 Å². The average molecular weight is 474 g/mol. The van der Waals surface area contributed by atoms with Gasteiger partial charge in [0, 0.05) is 25.6 Å². The van der Waals surface area contributed by atoms with Gasteiger partial charge in [-0.1, -0.05) is 43.7 Å². The monoisotopic (exact) mass is 473 g/mol. The fourth-order valence-electron chi connectivity index (χ4n) is 3.39. The highest BCUT2D eigenvalue weighted by Gasteiger charge is 2.35. The van der Waals surface area contributed by atoms with Gasteiger partial charge in [0.1, 0.15) is 11.6 Å². The van der Waals surface area contributed by atoms with Crippen LogP contribution in [0.15, 0.2) is 42.5 Å². The van der Waals surface area contributed by atoms with Gasteiger partial charge < -0.3 is 16.0 Å². The molecule has 0 aliphatic heterocycles. The number of rotatable bonds is 12. The maximum atomic E-state index is 14.2. The molecular weight excluding hydrogens is 440 g/mol. The lowest BCUT2D eigenvalue weighted by Gasteiger charge is -2.32. The fourth-order valence-corrected chi connectivity index (χ4v) is 3.39. The molecule has 0 aliphatic rings. The number of nitrogens with one attached hydrogen (secondary N) is 4. The maximum absolute atomic E-state index is 14.2. The number of nitrogens with zero attached hydrogens (tertiary/aromatic N) is 1. The van der Waals surface area contributed by atoms with Crippen molar-refractivity contribution in [2.75, 3.05) is 13.6 Å². The molecule has 0 bridgehead atoms.